The maximum absolute atomic E-state index is 10.6. The smallest absolute Gasteiger partial charge is 0.120 e. The van der Waals surface area contributed by atoms with E-state index in [1.54, 1.807) is 7.11 Å². The second-order valence-electron chi connectivity index (χ2n) is 5.88. The topological polar surface area (TPSA) is 26.3 Å². The van der Waals surface area contributed by atoms with Crippen LogP contribution >= 0.6 is 0 Å². The third-order valence-corrected chi connectivity index (χ3v) is 4.54. The lowest BCUT2D eigenvalue weighted by Gasteiger charge is -2.33. The highest BCUT2D eigenvalue weighted by Crippen LogP contribution is 2.37. The average molecular weight is 254 g/mol. The molecule has 1 aliphatic carbocycles. The van der Waals surface area contributed by atoms with Crippen molar-refractivity contribution >= 4 is 6.29 Å². The van der Waals surface area contributed by atoms with E-state index in [4.69, 9.17) is 4.74 Å². The molecule has 0 aromatic rings. The van der Waals surface area contributed by atoms with Gasteiger partial charge in [0.15, 0.2) is 0 Å². The minimum Gasteiger partial charge on any atom is -0.384 e. The van der Waals surface area contributed by atoms with Gasteiger partial charge in [0.2, 0.25) is 0 Å². The molecule has 2 heteroatoms. The van der Waals surface area contributed by atoms with Gasteiger partial charge in [0, 0.05) is 20.1 Å². The standard InChI is InChI=1S/C16H30O2/c1-3-4-6-15(7-5-12-17)16-10-8-14(9-11-16)13-18-2/h12,14-16H,3-11,13H2,1-2H3. The Morgan fingerprint density at radius 2 is 1.94 bits per heavy atom. The van der Waals surface area contributed by atoms with Gasteiger partial charge in [-0.15, -0.1) is 0 Å². The highest BCUT2D eigenvalue weighted by molar-refractivity contribution is 5.49. The van der Waals surface area contributed by atoms with E-state index in [2.05, 4.69) is 6.92 Å². The molecule has 1 fully saturated rings. The first-order valence-electron chi connectivity index (χ1n) is 7.74. The Kier molecular flexibility index (Phi) is 8.32. The fourth-order valence-electron chi connectivity index (χ4n) is 3.43. The van der Waals surface area contributed by atoms with Crippen molar-refractivity contribution in [1.82, 2.24) is 0 Å². The van der Waals surface area contributed by atoms with Crippen molar-refractivity contribution in [3.05, 3.63) is 0 Å². The quantitative estimate of drug-likeness (QED) is 0.576. The van der Waals surface area contributed by atoms with Crippen LogP contribution in [0.25, 0.3) is 0 Å². The summed E-state index contributed by atoms with van der Waals surface area (Å²) in [5.74, 6) is 2.44. The molecule has 0 N–H and O–H groups in total. The predicted molar refractivity (Wildman–Crippen MR) is 75.6 cm³/mol. The molecule has 0 spiro atoms. The number of hydrogen-bond donors (Lipinski definition) is 0. The van der Waals surface area contributed by atoms with E-state index in [0.717, 1.165) is 43.5 Å². The van der Waals surface area contributed by atoms with Gasteiger partial charge < -0.3 is 9.53 Å². The van der Waals surface area contributed by atoms with Gasteiger partial charge >= 0.3 is 0 Å². The van der Waals surface area contributed by atoms with Crippen LogP contribution in [0.2, 0.25) is 0 Å². The van der Waals surface area contributed by atoms with Crippen LogP contribution in [0.1, 0.15) is 64.7 Å². The maximum Gasteiger partial charge on any atom is 0.120 e. The second kappa shape index (κ2) is 9.55. The van der Waals surface area contributed by atoms with Gasteiger partial charge in [-0.1, -0.05) is 26.2 Å². The SMILES string of the molecule is CCCCC(CCC=O)C1CCC(COC)CC1. The van der Waals surface area contributed by atoms with Gasteiger partial charge in [-0.2, -0.15) is 0 Å². The van der Waals surface area contributed by atoms with Crippen molar-refractivity contribution in [1.29, 1.82) is 0 Å². The summed E-state index contributed by atoms with van der Waals surface area (Å²) in [6.45, 7) is 3.19. The van der Waals surface area contributed by atoms with Crippen molar-refractivity contribution in [2.75, 3.05) is 13.7 Å². The average Bonchev–Trinajstić information content (AvgIpc) is 2.41. The molecule has 2 nitrogen and oxygen atoms in total. The molecule has 0 heterocycles. The number of carbonyl (C=O) groups excluding carboxylic acids is 1. The number of carbonyl (C=O) groups is 1. The zero-order valence-electron chi connectivity index (χ0n) is 12.2. The first-order chi connectivity index (χ1) is 8.81. The van der Waals surface area contributed by atoms with E-state index in [1.165, 1.54) is 44.9 Å². The van der Waals surface area contributed by atoms with Crippen LogP contribution in [0, 0.1) is 17.8 Å². The normalized spacial score (nSPS) is 25.9. The van der Waals surface area contributed by atoms with Crippen LogP contribution in [0.5, 0.6) is 0 Å². The maximum atomic E-state index is 10.6. The fraction of sp³-hybridized carbons (Fsp3) is 0.938. The molecular formula is C16H30O2. The van der Waals surface area contributed by atoms with Gasteiger partial charge in [0.05, 0.1) is 0 Å². The molecule has 0 aliphatic heterocycles. The van der Waals surface area contributed by atoms with Crippen molar-refractivity contribution < 1.29 is 9.53 Å². The molecule has 1 unspecified atom stereocenters. The van der Waals surface area contributed by atoms with Crippen LogP contribution in [0.4, 0.5) is 0 Å². The van der Waals surface area contributed by atoms with Crippen LogP contribution in [0.15, 0.2) is 0 Å². The molecular weight excluding hydrogens is 224 g/mol. The molecule has 0 aromatic carbocycles. The van der Waals surface area contributed by atoms with E-state index < -0.39 is 0 Å². The minimum absolute atomic E-state index is 0.756. The van der Waals surface area contributed by atoms with E-state index in [1.807, 2.05) is 0 Å². The molecule has 0 bridgehead atoms. The van der Waals surface area contributed by atoms with Crippen LogP contribution in [0.3, 0.4) is 0 Å². The number of rotatable bonds is 9. The van der Waals surface area contributed by atoms with E-state index in [9.17, 15) is 4.79 Å². The molecule has 0 radical (unpaired) electrons. The summed E-state index contributed by atoms with van der Waals surface area (Å²) in [4.78, 5) is 10.6. The number of hydrogen-bond acceptors (Lipinski definition) is 2. The van der Waals surface area contributed by atoms with Crippen molar-refractivity contribution in [2.24, 2.45) is 17.8 Å². The first kappa shape index (κ1) is 15.7. The Morgan fingerprint density at radius 1 is 1.22 bits per heavy atom. The number of unbranched alkanes of at least 4 members (excludes halogenated alkanes) is 1. The number of methoxy groups -OCH3 is 1. The molecule has 1 aliphatic rings. The Bertz CT molecular complexity index is 207. The van der Waals surface area contributed by atoms with E-state index in [-0.39, 0.29) is 0 Å². The van der Waals surface area contributed by atoms with E-state index in [0.29, 0.717) is 0 Å². The molecule has 106 valence electrons. The molecule has 0 aromatic heterocycles. The summed E-state index contributed by atoms with van der Waals surface area (Å²) in [5.41, 5.74) is 0. The summed E-state index contributed by atoms with van der Waals surface area (Å²) in [5, 5.41) is 0. The number of ether oxygens (including phenoxy) is 1. The molecule has 0 amide bonds. The molecule has 1 saturated carbocycles. The molecule has 0 saturated heterocycles. The zero-order valence-corrected chi connectivity index (χ0v) is 12.2. The van der Waals surface area contributed by atoms with Gasteiger partial charge in [0.1, 0.15) is 6.29 Å². The lowest BCUT2D eigenvalue weighted by atomic mass is 9.73. The Labute approximate surface area is 112 Å². The zero-order chi connectivity index (χ0) is 13.2. The third-order valence-electron chi connectivity index (χ3n) is 4.54. The highest BCUT2D eigenvalue weighted by atomic mass is 16.5. The minimum atomic E-state index is 0.756. The summed E-state index contributed by atoms with van der Waals surface area (Å²) in [7, 11) is 1.81. The lowest BCUT2D eigenvalue weighted by molar-refractivity contribution is -0.108. The second-order valence-corrected chi connectivity index (χ2v) is 5.88. The predicted octanol–water partition coefficient (Wildman–Crippen LogP) is 4.22. The third kappa shape index (κ3) is 5.51. The Morgan fingerprint density at radius 3 is 2.50 bits per heavy atom. The molecule has 1 rings (SSSR count). The summed E-state index contributed by atoms with van der Waals surface area (Å²) in [6, 6.07) is 0. The van der Waals surface area contributed by atoms with Gasteiger partial charge in [-0.3, -0.25) is 0 Å². The molecule has 18 heavy (non-hydrogen) atoms. The lowest BCUT2D eigenvalue weighted by Crippen LogP contribution is -2.24. The largest absolute Gasteiger partial charge is 0.384 e. The van der Waals surface area contributed by atoms with E-state index >= 15 is 0 Å². The Balaban J connectivity index is 2.35. The summed E-state index contributed by atoms with van der Waals surface area (Å²) >= 11 is 0. The monoisotopic (exact) mass is 254 g/mol. The van der Waals surface area contributed by atoms with Crippen molar-refractivity contribution in [2.45, 2.75) is 64.7 Å². The number of aldehydes is 1. The van der Waals surface area contributed by atoms with Crippen molar-refractivity contribution in [3.8, 4) is 0 Å². The van der Waals surface area contributed by atoms with Gasteiger partial charge in [-0.05, 0) is 49.9 Å². The first-order valence-corrected chi connectivity index (χ1v) is 7.74. The van der Waals surface area contributed by atoms with Crippen LogP contribution in [-0.2, 0) is 9.53 Å². The van der Waals surface area contributed by atoms with Crippen molar-refractivity contribution in [3.63, 3.8) is 0 Å². The van der Waals surface area contributed by atoms with Gasteiger partial charge in [-0.25, -0.2) is 0 Å². The highest BCUT2D eigenvalue weighted by Gasteiger charge is 2.26. The summed E-state index contributed by atoms with van der Waals surface area (Å²) in [6.07, 6.45) is 12.2. The van der Waals surface area contributed by atoms with Crippen LogP contribution in [-0.4, -0.2) is 20.0 Å². The fourth-order valence-corrected chi connectivity index (χ4v) is 3.43. The molecule has 1 atom stereocenters. The van der Waals surface area contributed by atoms with Gasteiger partial charge in [0.25, 0.3) is 0 Å². The summed E-state index contributed by atoms with van der Waals surface area (Å²) < 4.78 is 5.26. The Hall–Kier alpha value is -0.370. The van der Waals surface area contributed by atoms with Crippen LogP contribution < -0.4 is 0 Å².